The van der Waals surface area contributed by atoms with Crippen molar-refractivity contribution >= 4 is 5.91 Å². The lowest BCUT2D eigenvalue weighted by Crippen LogP contribution is -2.36. The summed E-state index contributed by atoms with van der Waals surface area (Å²) in [4.78, 5) is 16.0. The normalized spacial score (nSPS) is 19.9. The number of hydrazine groups is 1. The van der Waals surface area contributed by atoms with Gasteiger partial charge >= 0.3 is 0 Å². The fourth-order valence-corrected chi connectivity index (χ4v) is 2.72. The van der Waals surface area contributed by atoms with Crippen LogP contribution in [0.25, 0.3) is 0 Å². The van der Waals surface area contributed by atoms with Crippen LogP contribution >= 0.6 is 0 Å². The van der Waals surface area contributed by atoms with E-state index in [0.29, 0.717) is 5.56 Å². The Morgan fingerprint density at radius 1 is 0.909 bits per heavy atom. The van der Waals surface area contributed by atoms with E-state index in [1.807, 2.05) is 0 Å². The summed E-state index contributed by atoms with van der Waals surface area (Å²) in [6.07, 6.45) is 18.1. The van der Waals surface area contributed by atoms with Crippen LogP contribution in [0.4, 0.5) is 0 Å². The molecule has 2 N–H and O–H groups in total. The Labute approximate surface area is 133 Å². The van der Waals surface area contributed by atoms with E-state index in [4.69, 9.17) is 0 Å². The highest BCUT2D eigenvalue weighted by Gasteiger charge is 2.05. The number of nitrogens with one attached hydrogen (secondary N) is 2. The van der Waals surface area contributed by atoms with Gasteiger partial charge in [-0.05, 0) is 37.8 Å². The summed E-state index contributed by atoms with van der Waals surface area (Å²) in [6, 6.07) is 3.43. The number of carbonyl (C=O) groups is 1. The van der Waals surface area contributed by atoms with Gasteiger partial charge in [-0.15, -0.1) is 0 Å². The van der Waals surface area contributed by atoms with Crippen molar-refractivity contribution in [2.24, 2.45) is 0 Å². The quantitative estimate of drug-likeness (QED) is 0.826. The highest BCUT2D eigenvalue weighted by molar-refractivity contribution is 5.93. The van der Waals surface area contributed by atoms with Gasteiger partial charge in [0.05, 0.1) is 0 Å². The molecular formula is C18H27N3O. The first kappa shape index (κ1) is 16.5. The highest BCUT2D eigenvalue weighted by atomic mass is 16.2. The predicted molar refractivity (Wildman–Crippen MR) is 89.1 cm³/mol. The first-order valence-electron chi connectivity index (χ1n) is 8.52. The second-order valence-electron chi connectivity index (χ2n) is 5.91. The minimum Gasteiger partial charge on any atom is -0.303 e. The number of hydrogen-bond donors (Lipinski definition) is 2. The molecular weight excluding hydrogens is 274 g/mol. The molecule has 1 amide bonds. The van der Waals surface area contributed by atoms with Gasteiger partial charge in [0.15, 0.2) is 0 Å². The number of hydrogen-bond acceptors (Lipinski definition) is 3. The fourth-order valence-electron chi connectivity index (χ4n) is 2.72. The number of pyridine rings is 1. The average molecular weight is 301 g/mol. The summed E-state index contributed by atoms with van der Waals surface area (Å²) in [6.45, 7) is 0. The van der Waals surface area contributed by atoms with Gasteiger partial charge < -0.3 is 5.43 Å². The maximum Gasteiger partial charge on any atom is 0.269 e. The molecule has 0 saturated heterocycles. The van der Waals surface area contributed by atoms with E-state index < -0.39 is 0 Å². The zero-order valence-electron chi connectivity index (χ0n) is 13.3. The van der Waals surface area contributed by atoms with Crippen molar-refractivity contribution in [3.8, 4) is 0 Å². The zero-order chi connectivity index (χ0) is 15.5. The van der Waals surface area contributed by atoms with Crippen LogP contribution in [0.5, 0.6) is 0 Å². The first-order chi connectivity index (χ1) is 10.9. The van der Waals surface area contributed by atoms with E-state index in [9.17, 15) is 4.79 Å². The molecule has 0 spiro atoms. The molecule has 4 nitrogen and oxygen atoms in total. The van der Waals surface area contributed by atoms with E-state index in [0.717, 1.165) is 18.5 Å². The van der Waals surface area contributed by atoms with Crippen molar-refractivity contribution in [2.75, 3.05) is 0 Å². The molecule has 1 aromatic heterocycles. The maximum atomic E-state index is 12.0. The van der Waals surface area contributed by atoms with Crippen LogP contribution in [0.3, 0.4) is 0 Å². The number of rotatable bonds is 3. The van der Waals surface area contributed by atoms with Crippen LogP contribution < -0.4 is 10.9 Å². The number of nitrogens with zero attached hydrogens (tertiary/aromatic N) is 1. The second-order valence-corrected chi connectivity index (χ2v) is 5.91. The Kier molecular flexibility index (Phi) is 7.50. The molecule has 1 aliphatic carbocycles. The van der Waals surface area contributed by atoms with Crippen LogP contribution in [0.15, 0.2) is 36.3 Å². The van der Waals surface area contributed by atoms with Crippen molar-refractivity contribution in [2.45, 2.75) is 64.2 Å². The van der Waals surface area contributed by atoms with E-state index in [1.165, 1.54) is 51.4 Å². The van der Waals surface area contributed by atoms with Gasteiger partial charge in [0.25, 0.3) is 5.91 Å². The van der Waals surface area contributed by atoms with Crippen molar-refractivity contribution < 1.29 is 4.79 Å². The summed E-state index contributed by atoms with van der Waals surface area (Å²) in [7, 11) is 0. The van der Waals surface area contributed by atoms with E-state index in [2.05, 4.69) is 21.9 Å². The minimum absolute atomic E-state index is 0.116. The van der Waals surface area contributed by atoms with Gasteiger partial charge in [-0.25, -0.2) is 0 Å². The van der Waals surface area contributed by atoms with Crippen LogP contribution in [-0.4, -0.2) is 10.9 Å². The monoisotopic (exact) mass is 301 g/mol. The molecule has 0 aromatic carbocycles. The summed E-state index contributed by atoms with van der Waals surface area (Å²) < 4.78 is 0. The fraction of sp³-hybridized carbons (Fsp3) is 0.556. The molecule has 1 aromatic rings. The molecule has 0 saturated carbocycles. The van der Waals surface area contributed by atoms with E-state index >= 15 is 0 Å². The summed E-state index contributed by atoms with van der Waals surface area (Å²) >= 11 is 0. The van der Waals surface area contributed by atoms with E-state index in [1.54, 1.807) is 24.5 Å². The molecule has 22 heavy (non-hydrogen) atoms. The van der Waals surface area contributed by atoms with E-state index in [-0.39, 0.29) is 5.91 Å². The molecule has 120 valence electrons. The minimum atomic E-state index is -0.116. The first-order valence-corrected chi connectivity index (χ1v) is 8.52. The number of aromatic nitrogens is 1. The van der Waals surface area contributed by atoms with Crippen molar-refractivity contribution in [1.29, 1.82) is 0 Å². The third-order valence-electron chi connectivity index (χ3n) is 4.07. The number of amides is 1. The van der Waals surface area contributed by atoms with Gasteiger partial charge in [0, 0.05) is 23.7 Å². The van der Waals surface area contributed by atoms with Crippen molar-refractivity contribution in [3.63, 3.8) is 0 Å². The average Bonchev–Trinajstić information content (AvgIpc) is 2.55. The van der Waals surface area contributed by atoms with Crippen molar-refractivity contribution in [3.05, 3.63) is 41.9 Å². The van der Waals surface area contributed by atoms with Gasteiger partial charge in [-0.2, -0.15) is 0 Å². The lowest BCUT2D eigenvalue weighted by atomic mass is 10.0. The Bertz CT molecular complexity index is 470. The van der Waals surface area contributed by atoms with Gasteiger partial charge in [0.1, 0.15) is 0 Å². The zero-order valence-corrected chi connectivity index (χ0v) is 13.3. The lowest BCUT2D eigenvalue weighted by molar-refractivity contribution is 0.0938. The standard InChI is InChI=1S/C18H27N3O/c22-18(16-12-14-19-15-13-16)21-20-17-10-8-6-4-2-1-3-5-7-9-11-17/h10,12-15,20H,1-9,11H2,(H,21,22)/b17-10+. The molecule has 0 bridgehead atoms. The van der Waals surface area contributed by atoms with Crippen LogP contribution in [0.1, 0.15) is 74.6 Å². The molecule has 2 rings (SSSR count). The topological polar surface area (TPSA) is 54.0 Å². The maximum absolute atomic E-state index is 12.0. The summed E-state index contributed by atoms with van der Waals surface area (Å²) in [5.41, 5.74) is 7.67. The Morgan fingerprint density at radius 3 is 2.27 bits per heavy atom. The molecule has 1 aliphatic rings. The summed E-state index contributed by atoms with van der Waals surface area (Å²) in [5, 5.41) is 0. The molecule has 0 unspecified atom stereocenters. The van der Waals surface area contributed by atoms with Crippen molar-refractivity contribution in [1.82, 2.24) is 15.8 Å². The highest BCUT2D eigenvalue weighted by Crippen LogP contribution is 2.15. The Balaban J connectivity index is 1.83. The van der Waals surface area contributed by atoms with Crippen LogP contribution in [0.2, 0.25) is 0 Å². The number of allylic oxidation sites excluding steroid dienone is 2. The SMILES string of the molecule is O=C(NN/C1=C/CCCCCCCCCC1)c1ccncc1. The molecule has 0 atom stereocenters. The predicted octanol–water partition coefficient (Wildman–Crippen LogP) is 4.11. The van der Waals surface area contributed by atoms with Gasteiger partial charge in [-0.1, -0.05) is 44.6 Å². The Hall–Kier alpha value is -1.84. The van der Waals surface area contributed by atoms with Gasteiger partial charge in [0.2, 0.25) is 0 Å². The molecule has 0 fully saturated rings. The second kappa shape index (κ2) is 9.98. The summed E-state index contributed by atoms with van der Waals surface area (Å²) in [5.74, 6) is -0.116. The number of carbonyl (C=O) groups excluding carboxylic acids is 1. The third-order valence-corrected chi connectivity index (χ3v) is 4.07. The lowest BCUT2D eigenvalue weighted by Gasteiger charge is -2.13. The van der Waals surface area contributed by atoms with Crippen LogP contribution in [0, 0.1) is 0 Å². The largest absolute Gasteiger partial charge is 0.303 e. The molecule has 1 heterocycles. The van der Waals surface area contributed by atoms with Gasteiger partial charge in [-0.3, -0.25) is 15.2 Å². The third kappa shape index (κ3) is 6.29. The van der Waals surface area contributed by atoms with Crippen LogP contribution in [-0.2, 0) is 0 Å². The molecule has 0 radical (unpaired) electrons. The Morgan fingerprint density at radius 2 is 1.55 bits per heavy atom. The molecule has 0 aliphatic heterocycles. The molecule has 4 heteroatoms. The smallest absolute Gasteiger partial charge is 0.269 e.